The van der Waals surface area contributed by atoms with Gasteiger partial charge in [0.15, 0.2) is 0 Å². The third kappa shape index (κ3) is 3.42. The summed E-state index contributed by atoms with van der Waals surface area (Å²) in [6.45, 7) is 0. The van der Waals surface area contributed by atoms with Gasteiger partial charge in [0, 0.05) is 38.4 Å². The van der Waals surface area contributed by atoms with Crippen molar-refractivity contribution in [3.05, 3.63) is 138 Å². The average Bonchev–Trinajstić information content (AvgIpc) is 3.53. The number of rotatable bonds is 3. The first-order valence-electron chi connectivity index (χ1n) is 13.1. The summed E-state index contributed by atoms with van der Waals surface area (Å²) in [6, 6.07) is 46.5. The number of hydrogen-bond acceptors (Lipinski definition) is 1. The van der Waals surface area contributed by atoms with Crippen LogP contribution in [0.5, 0.6) is 0 Å². The van der Waals surface area contributed by atoms with Crippen LogP contribution in [0.15, 0.2) is 138 Å². The molecule has 184 valence electrons. The van der Waals surface area contributed by atoms with E-state index in [1.165, 1.54) is 21.8 Å². The molecule has 0 spiro atoms. The zero-order valence-corrected chi connectivity index (χ0v) is 21.7. The molecular formula is C36H22ClNO. The van der Waals surface area contributed by atoms with Crippen LogP contribution in [0.1, 0.15) is 0 Å². The quantitative estimate of drug-likeness (QED) is 0.227. The molecule has 0 atom stereocenters. The van der Waals surface area contributed by atoms with E-state index in [2.05, 4.69) is 114 Å². The molecule has 0 aliphatic rings. The van der Waals surface area contributed by atoms with Gasteiger partial charge in [0.1, 0.15) is 11.2 Å². The topological polar surface area (TPSA) is 18.1 Å². The molecule has 3 heteroatoms. The van der Waals surface area contributed by atoms with E-state index in [0.29, 0.717) is 0 Å². The lowest BCUT2D eigenvalue weighted by molar-refractivity contribution is 0.669. The van der Waals surface area contributed by atoms with Crippen LogP contribution in [0.3, 0.4) is 0 Å². The van der Waals surface area contributed by atoms with Crippen molar-refractivity contribution in [2.24, 2.45) is 0 Å². The minimum Gasteiger partial charge on any atom is -0.456 e. The Balaban J connectivity index is 1.30. The highest BCUT2D eigenvalue weighted by Crippen LogP contribution is 2.41. The highest BCUT2D eigenvalue weighted by Gasteiger charge is 2.16. The molecule has 0 amide bonds. The third-order valence-corrected chi connectivity index (χ3v) is 8.09. The average molecular weight is 520 g/mol. The van der Waals surface area contributed by atoms with Crippen molar-refractivity contribution >= 4 is 55.3 Å². The SMILES string of the molecule is Clc1c(-c2ccc3oc4ccccc4c3c2)cccc1-c1ccc2c(c1)c1ccccc1n2-c1ccccc1. The van der Waals surface area contributed by atoms with Crippen LogP contribution in [0.25, 0.3) is 71.7 Å². The maximum Gasteiger partial charge on any atom is 0.135 e. The van der Waals surface area contributed by atoms with E-state index in [9.17, 15) is 0 Å². The molecule has 0 N–H and O–H groups in total. The Hall–Kier alpha value is -4.79. The van der Waals surface area contributed by atoms with Crippen molar-refractivity contribution in [2.45, 2.75) is 0 Å². The van der Waals surface area contributed by atoms with Gasteiger partial charge >= 0.3 is 0 Å². The number of nitrogens with zero attached hydrogens (tertiary/aromatic N) is 1. The molecule has 0 unspecified atom stereocenters. The number of aromatic nitrogens is 1. The smallest absolute Gasteiger partial charge is 0.135 e. The summed E-state index contributed by atoms with van der Waals surface area (Å²) in [5, 5.41) is 5.39. The fourth-order valence-corrected chi connectivity index (χ4v) is 6.21. The predicted molar refractivity (Wildman–Crippen MR) is 164 cm³/mol. The van der Waals surface area contributed by atoms with E-state index < -0.39 is 0 Å². The van der Waals surface area contributed by atoms with Gasteiger partial charge in [0.25, 0.3) is 0 Å². The summed E-state index contributed by atoms with van der Waals surface area (Å²) in [5.41, 5.74) is 9.49. The van der Waals surface area contributed by atoms with Gasteiger partial charge in [-0.1, -0.05) is 96.5 Å². The van der Waals surface area contributed by atoms with Gasteiger partial charge in [-0.05, 0) is 59.7 Å². The molecular weight excluding hydrogens is 498 g/mol. The van der Waals surface area contributed by atoms with Crippen LogP contribution in [-0.4, -0.2) is 4.57 Å². The van der Waals surface area contributed by atoms with Crippen LogP contribution < -0.4 is 0 Å². The molecule has 0 saturated heterocycles. The van der Waals surface area contributed by atoms with Gasteiger partial charge in [0.2, 0.25) is 0 Å². The number of halogens is 1. The lowest BCUT2D eigenvalue weighted by Crippen LogP contribution is -1.92. The second-order valence-corrected chi connectivity index (χ2v) is 10.3. The minimum atomic E-state index is 0.746. The highest BCUT2D eigenvalue weighted by atomic mass is 35.5. The molecule has 6 aromatic carbocycles. The van der Waals surface area contributed by atoms with Gasteiger partial charge in [-0.2, -0.15) is 0 Å². The second-order valence-electron chi connectivity index (χ2n) is 9.90. The summed E-state index contributed by atoms with van der Waals surface area (Å²) in [5.74, 6) is 0. The zero-order valence-electron chi connectivity index (χ0n) is 20.9. The van der Waals surface area contributed by atoms with Gasteiger partial charge < -0.3 is 8.98 Å². The summed E-state index contributed by atoms with van der Waals surface area (Å²) in [7, 11) is 0. The molecule has 2 aromatic heterocycles. The van der Waals surface area contributed by atoms with E-state index in [1.54, 1.807) is 0 Å². The second kappa shape index (κ2) is 8.62. The predicted octanol–water partition coefficient (Wildman–Crippen LogP) is 10.7. The number of para-hydroxylation sites is 3. The first-order chi connectivity index (χ1) is 19.3. The normalized spacial score (nSPS) is 11.7. The maximum absolute atomic E-state index is 7.16. The molecule has 2 heterocycles. The van der Waals surface area contributed by atoms with Crippen LogP contribution in [0, 0.1) is 0 Å². The number of fused-ring (bicyclic) bond motifs is 6. The van der Waals surface area contributed by atoms with Crippen molar-refractivity contribution in [3.63, 3.8) is 0 Å². The minimum absolute atomic E-state index is 0.746. The Morgan fingerprint density at radius 3 is 1.90 bits per heavy atom. The Morgan fingerprint density at radius 2 is 1.08 bits per heavy atom. The van der Waals surface area contributed by atoms with Crippen molar-refractivity contribution in [1.29, 1.82) is 0 Å². The molecule has 2 nitrogen and oxygen atoms in total. The Kier molecular flexibility index (Phi) is 4.91. The maximum atomic E-state index is 7.16. The Bertz CT molecular complexity index is 2190. The van der Waals surface area contributed by atoms with Crippen LogP contribution in [-0.2, 0) is 0 Å². The summed E-state index contributed by atoms with van der Waals surface area (Å²) >= 11 is 7.16. The molecule has 8 aromatic rings. The lowest BCUT2D eigenvalue weighted by atomic mass is 9.96. The van der Waals surface area contributed by atoms with Crippen molar-refractivity contribution < 1.29 is 4.42 Å². The van der Waals surface area contributed by atoms with Crippen LogP contribution >= 0.6 is 11.6 Å². The zero-order chi connectivity index (χ0) is 25.9. The summed E-state index contributed by atoms with van der Waals surface area (Å²) in [4.78, 5) is 0. The molecule has 39 heavy (non-hydrogen) atoms. The van der Waals surface area contributed by atoms with Crippen molar-refractivity contribution in [3.8, 4) is 27.9 Å². The standard InChI is InChI=1S/C36H22ClNO/c37-36-26(13-8-14-27(36)24-18-20-35-31(22-24)29-12-5-7-16-34(29)39-35)23-17-19-33-30(21-23)28-11-4-6-15-32(28)38(33)25-9-2-1-3-10-25/h1-22H. The molecule has 8 rings (SSSR count). The van der Waals surface area contributed by atoms with Crippen molar-refractivity contribution in [2.75, 3.05) is 0 Å². The molecule has 0 aliphatic heterocycles. The van der Waals surface area contributed by atoms with E-state index in [-0.39, 0.29) is 0 Å². The third-order valence-electron chi connectivity index (χ3n) is 7.68. The fraction of sp³-hybridized carbons (Fsp3) is 0. The van der Waals surface area contributed by atoms with Gasteiger partial charge in [-0.3, -0.25) is 0 Å². The number of hydrogen-bond donors (Lipinski definition) is 0. The van der Waals surface area contributed by atoms with Gasteiger partial charge in [-0.25, -0.2) is 0 Å². The van der Waals surface area contributed by atoms with Crippen LogP contribution in [0.2, 0.25) is 5.02 Å². The van der Waals surface area contributed by atoms with Gasteiger partial charge in [-0.15, -0.1) is 0 Å². The van der Waals surface area contributed by atoms with E-state index in [0.717, 1.165) is 54.9 Å². The summed E-state index contributed by atoms with van der Waals surface area (Å²) in [6.07, 6.45) is 0. The molecule has 0 bridgehead atoms. The molecule has 0 aliphatic carbocycles. The van der Waals surface area contributed by atoms with E-state index in [1.807, 2.05) is 24.3 Å². The van der Waals surface area contributed by atoms with Crippen molar-refractivity contribution in [1.82, 2.24) is 4.57 Å². The van der Waals surface area contributed by atoms with Gasteiger partial charge in [0.05, 0.1) is 16.1 Å². The first-order valence-corrected chi connectivity index (χ1v) is 13.4. The Labute approximate surface area is 230 Å². The van der Waals surface area contributed by atoms with Crippen LogP contribution in [0.4, 0.5) is 0 Å². The highest BCUT2D eigenvalue weighted by molar-refractivity contribution is 6.36. The first kappa shape index (κ1) is 22.2. The number of benzene rings is 6. The van der Waals surface area contributed by atoms with E-state index >= 15 is 0 Å². The molecule has 0 radical (unpaired) electrons. The monoisotopic (exact) mass is 519 g/mol. The molecule has 0 saturated carbocycles. The summed E-state index contributed by atoms with van der Waals surface area (Å²) < 4.78 is 8.37. The number of furan rings is 1. The lowest BCUT2D eigenvalue weighted by Gasteiger charge is -2.12. The molecule has 0 fully saturated rings. The van der Waals surface area contributed by atoms with E-state index in [4.69, 9.17) is 16.0 Å². The fourth-order valence-electron chi connectivity index (χ4n) is 5.87. The largest absolute Gasteiger partial charge is 0.456 e. The Morgan fingerprint density at radius 1 is 0.462 bits per heavy atom.